The zero-order valence-corrected chi connectivity index (χ0v) is 18.6. The minimum absolute atomic E-state index is 0.150. The van der Waals surface area contributed by atoms with Crippen molar-refractivity contribution in [1.82, 2.24) is 4.31 Å². The summed E-state index contributed by atoms with van der Waals surface area (Å²) >= 11 is 1.89. The summed E-state index contributed by atoms with van der Waals surface area (Å²) in [6, 6.07) is 5.86. The van der Waals surface area contributed by atoms with Crippen LogP contribution in [0, 0.1) is 21.0 Å². The molecule has 0 unspecified atom stereocenters. The highest BCUT2D eigenvalue weighted by molar-refractivity contribution is 14.1. The first-order chi connectivity index (χ1) is 13.6. The number of benzene rings is 2. The number of hydrogen-bond acceptors (Lipinski definition) is 5. The second-order valence-corrected chi connectivity index (χ2v) is 8.84. The summed E-state index contributed by atoms with van der Waals surface area (Å²) < 4.78 is 81.0. The first-order valence-corrected chi connectivity index (χ1v) is 10.6. The van der Waals surface area contributed by atoms with Crippen molar-refractivity contribution in [2.45, 2.75) is 6.29 Å². The Morgan fingerprint density at radius 1 is 1.07 bits per heavy atom. The number of hydrogen-bond donors (Lipinski definition) is 2. The van der Waals surface area contributed by atoms with E-state index in [0.717, 1.165) is 16.4 Å². The van der Waals surface area contributed by atoms with E-state index in [-0.39, 0.29) is 17.9 Å². The topological polar surface area (TPSA) is 79.9 Å². The van der Waals surface area contributed by atoms with Crippen LogP contribution in [0.5, 0.6) is 0 Å². The molecule has 2 aromatic rings. The number of rotatable bonds is 9. The molecule has 29 heavy (non-hydrogen) atoms. The molecule has 0 aliphatic carbocycles. The van der Waals surface area contributed by atoms with Gasteiger partial charge in [-0.1, -0.05) is 0 Å². The van der Waals surface area contributed by atoms with Gasteiger partial charge in [-0.25, -0.2) is 13.2 Å². The van der Waals surface area contributed by atoms with Gasteiger partial charge in [0.1, 0.15) is 11.5 Å². The number of anilines is 3. The number of methoxy groups -OCH3 is 2. The number of ether oxygens (including phenoxy) is 2. The third-order valence-corrected chi connectivity index (χ3v) is 5.99. The van der Waals surface area contributed by atoms with Crippen LogP contribution >= 0.6 is 22.6 Å². The van der Waals surface area contributed by atoms with Crippen molar-refractivity contribution in [2.75, 3.05) is 37.9 Å². The van der Waals surface area contributed by atoms with Gasteiger partial charge in [0.25, 0.3) is 0 Å². The van der Waals surface area contributed by atoms with Gasteiger partial charge in [0.15, 0.2) is 17.9 Å². The van der Waals surface area contributed by atoms with Crippen LogP contribution in [0.1, 0.15) is 0 Å². The third-order valence-electron chi connectivity index (χ3n) is 3.87. The zero-order valence-electron chi connectivity index (χ0n) is 15.7. The van der Waals surface area contributed by atoms with Gasteiger partial charge in [0.2, 0.25) is 0 Å². The molecule has 2 rings (SSSR count). The molecular formula is C17H19F3IN3O4S. The van der Waals surface area contributed by atoms with Gasteiger partial charge in [-0.3, -0.25) is 4.72 Å². The molecular weight excluding hydrogens is 526 g/mol. The van der Waals surface area contributed by atoms with Crippen molar-refractivity contribution in [1.29, 1.82) is 0 Å². The van der Waals surface area contributed by atoms with E-state index < -0.39 is 39.6 Å². The molecule has 2 N–H and O–H groups in total. The molecule has 0 atom stereocenters. The first-order valence-electron chi connectivity index (χ1n) is 8.08. The van der Waals surface area contributed by atoms with E-state index in [2.05, 4.69) is 10.0 Å². The first kappa shape index (κ1) is 23.7. The third kappa shape index (κ3) is 5.94. The molecule has 0 fully saturated rings. The molecule has 2 aromatic carbocycles. The Kier molecular flexibility index (Phi) is 8.10. The monoisotopic (exact) mass is 545 g/mol. The van der Waals surface area contributed by atoms with E-state index in [1.165, 1.54) is 33.4 Å². The van der Waals surface area contributed by atoms with E-state index in [1.807, 2.05) is 22.6 Å². The molecule has 0 radical (unpaired) electrons. The van der Waals surface area contributed by atoms with Crippen LogP contribution in [0.2, 0.25) is 0 Å². The van der Waals surface area contributed by atoms with Gasteiger partial charge in [-0.2, -0.15) is 12.7 Å². The van der Waals surface area contributed by atoms with Crippen molar-refractivity contribution >= 4 is 49.9 Å². The van der Waals surface area contributed by atoms with Gasteiger partial charge >= 0.3 is 10.2 Å². The number of nitrogens with zero attached hydrogens (tertiary/aromatic N) is 1. The number of nitrogens with one attached hydrogen (secondary N) is 2. The highest BCUT2D eigenvalue weighted by Gasteiger charge is 2.24. The summed E-state index contributed by atoms with van der Waals surface area (Å²) in [5, 5.41) is 2.41. The van der Waals surface area contributed by atoms with Gasteiger partial charge < -0.3 is 14.8 Å². The maximum absolute atomic E-state index is 14.4. The average Bonchev–Trinajstić information content (AvgIpc) is 2.66. The summed E-state index contributed by atoms with van der Waals surface area (Å²) in [4.78, 5) is 0. The summed E-state index contributed by atoms with van der Waals surface area (Å²) in [5.41, 5.74) is -1.01. The fraction of sp³-hybridized carbons (Fsp3) is 0.294. The second kappa shape index (κ2) is 9.93. The van der Waals surface area contributed by atoms with Crippen molar-refractivity contribution < 1.29 is 31.1 Å². The lowest BCUT2D eigenvalue weighted by Crippen LogP contribution is -2.39. The van der Waals surface area contributed by atoms with Crippen LogP contribution in [0.15, 0.2) is 30.3 Å². The Hall–Kier alpha value is -1.61. The molecule has 12 heteroatoms. The van der Waals surface area contributed by atoms with E-state index in [0.29, 0.717) is 3.57 Å². The Morgan fingerprint density at radius 3 is 2.28 bits per heavy atom. The SMILES string of the molecule is COC(CN(C)S(=O)(=O)Nc1ccc(F)c(F)c1Nc1ccc(I)cc1F)OC. The van der Waals surface area contributed by atoms with Crippen LogP contribution in [0.3, 0.4) is 0 Å². The lowest BCUT2D eigenvalue weighted by Gasteiger charge is -2.23. The zero-order chi connectivity index (χ0) is 21.8. The van der Waals surface area contributed by atoms with E-state index >= 15 is 0 Å². The fourth-order valence-corrected chi connectivity index (χ4v) is 3.63. The van der Waals surface area contributed by atoms with E-state index in [9.17, 15) is 21.6 Å². The summed E-state index contributed by atoms with van der Waals surface area (Å²) in [7, 11) is -0.257. The highest BCUT2D eigenvalue weighted by Crippen LogP contribution is 2.32. The van der Waals surface area contributed by atoms with Crippen molar-refractivity contribution in [3.8, 4) is 0 Å². The van der Waals surface area contributed by atoms with Gasteiger partial charge in [-0.15, -0.1) is 0 Å². The van der Waals surface area contributed by atoms with E-state index in [4.69, 9.17) is 9.47 Å². The molecule has 0 saturated carbocycles. The second-order valence-electron chi connectivity index (χ2n) is 5.82. The Morgan fingerprint density at radius 2 is 1.69 bits per heavy atom. The van der Waals surface area contributed by atoms with E-state index in [1.54, 1.807) is 6.07 Å². The van der Waals surface area contributed by atoms with Crippen LogP contribution in [-0.2, 0) is 19.7 Å². The number of likely N-dealkylation sites (N-methyl/N-ethyl adjacent to an activating group) is 1. The van der Waals surface area contributed by atoms with Crippen LogP contribution in [0.25, 0.3) is 0 Å². The summed E-state index contributed by atoms with van der Waals surface area (Å²) in [5.74, 6) is -3.31. The molecule has 7 nitrogen and oxygen atoms in total. The predicted octanol–water partition coefficient (Wildman–Crippen LogP) is 3.66. The molecule has 0 amide bonds. The number of halogens is 4. The molecule has 0 aliphatic rings. The molecule has 0 aromatic heterocycles. The standard InChI is InChI=1S/C17H19F3IN3O4S/c1-24(9-15(27-2)28-3)29(25,26)23-14-7-5-11(18)16(20)17(14)22-13-6-4-10(21)8-12(13)19/h4-8,15,22-23H,9H2,1-3H3. The van der Waals surface area contributed by atoms with Crippen LogP contribution in [0.4, 0.5) is 30.2 Å². The lowest BCUT2D eigenvalue weighted by atomic mass is 10.2. The van der Waals surface area contributed by atoms with Crippen molar-refractivity contribution in [3.05, 3.63) is 51.4 Å². The lowest BCUT2D eigenvalue weighted by molar-refractivity contribution is -0.106. The highest BCUT2D eigenvalue weighted by atomic mass is 127. The maximum atomic E-state index is 14.4. The molecule has 0 saturated heterocycles. The quantitative estimate of drug-likeness (QED) is 0.372. The Bertz CT molecular complexity index is 975. The minimum Gasteiger partial charge on any atom is -0.354 e. The smallest absolute Gasteiger partial charge is 0.301 e. The molecule has 0 spiro atoms. The fourth-order valence-electron chi connectivity index (χ4n) is 2.25. The van der Waals surface area contributed by atoms with Crippen LogP contribution < -0.4 is 10.0 Å². The molecule has 0 bridgehead atoms. The van der Waals surface area contributed by atoms with Gasteiger partial charge in [0, 0.05) is 24.8 Å². The minimum atomic E-state index is -4.19. The van der Waals surface area contributed by atoms with Crippen molar-refractivity contribution in [2.24, 2.45) is 0 Å². The van der Waals surface area contributed by atoms with Crippen LogP contribution in [-0.4, -0.2) is 46.8 Å². The maximum Gasteiger partial charge on any atom is 0.301 e. The average molecular weight is 545 g/mol. The Labute approximate surface area is 180 Å². The largest absolute Gasteiger partial charge is 0.354 e. The molecule has 160 valence electrons. The van der Waals surface area contributed by atoms with Gasteiger partial charge in [0.05, 0.1) is 17.9 Å². The summed E-state index contributed by atoms with van der Waals surface area (Å²) in [6.45, 7) is -0.166. The molecule has 0 aliphatic heterocycles. The van der Waals surface area contributed by atoms with Gasteiger partial charge in [-0.05, 0) is 52.9 Å². The summed E-state index contributed by atoms with van der Waals surface area (Å²) in [6.07, 6.45) is -0.833. The molecule has 0 heterocycles. The predicted molar refractivity (Wildman–Crippen MR) is 112 cm³/mol. The normalized spacial score (nSPS) is 11.9. The Balaban J connectivity index is 2.37. The van der Waals surface area contributed by atoms with Crippen molar-refractivity contribution in [3.63, 3.8) is 0 Å².